The number of aliphatic hydroxyl groups excluding tert-OH is 4. The van der Waals surface area contributed by atoms with Crippen LogP contribution in [0, 0.1) is 0 Å². The van der Waals surface area contributed by atoms with Gasteiger partial charge in [0.2, 0.25) is 0 Å². The first kappa shape index (κ1) is 55.5. The van der Waals surface area contributed by atoms with E-state index in [1.807, 2.05) is 0 Å². The van der Waals surface area contributed by atoms with Crippen LogP contribution in [0.5, 0.6) is 0 Å². The molecule has 10 nitrogen and oxygen atoms in total. The average molecular weight is 841 g/mol. The highest BCUT2D eigenvalue weighted by molar-refractivity contribution is 5.70. The van der Waals surface area contributed by atoms with Crippen molar-refractivity contribution >= 4 is 11.9 Å². The summed E-state index contributed by atoms with van der Waals surface area (Å²) in [6.45, 7) is 3.45. The molecule has 0 spiro atoms. The SMILES string of the molecule is CCCCCCCC/C=C/CCCCCCCCCC(=O)O[C@@H](COC(=O)CCCCCCCCCCCCCCCCCCC)CO[C@H]1O[C@@H](CO)[C@@H](O)C(O)C1O. The van der Waals surface area contributed by atoms with Crippen molar-refractivity contribution in [3.8, 4) is 0 Å². The highest BCUT2D eigenvalue weighted by Gasteiger charge is 2.44. The summed E-state index contributed by atoms with van der Waals surface area (Å²) in [5, 5.41) is 40.1. The smallest absolute Gasteiger partial charge is 0.306 e. The Bertz CT molecular complexity index is 974. The molecule has 0 aliphatic carbocycles. The quantitative estimate of drug-likeness (QED) is 0.0265. The summed E-state index contributed by atoms with van der Waals surface area (Å²) in [6, 6.07) is 0. The Morgan fingerprint density at radius 3 is 1.32 bits per heavy atom. The van der Waals surface area contributed by atoms with Crippen LogP contribution in [0.4, 0.5) is 0 Å². The summed E-state index contributed by atoms with van der Waals surface area (Å²) in [5.74, 6) is -0.798. The zero-order chi connectivity index (χ0) is 43.0. The Kier molecular flexibility index (Phi) is 38.1. The van der Waals surface area contributed by atoms with Gasteiger partial charge in [0.05, 0.1) is 13.2 Å². The number of carbonyl (C=O) groups excluding carboxylic acids is 2. The molecule has 0 aromatic carbocycles. The Labute approximate surface area is 361 Å². The molecule has 0 radical (unpaired) electrons. The third-order valence-electron chi connectivity index (χ3n) is 11.7. The van der Waals surface area contributed by atoms with E-state index in [0.717, 1.165) is 44.9 Å². The molecular weight excluding hydrogens is 749 g/mol. The first-order valence-electron chi connectivity index (χ1n) is 24.8. The van der Waals surface area contributed by atoms with E-state index >= 15 is 0 Å². The lowest BCUT2D eigenvalue weighted by molar-refractivity contribution is -0.305. The molecule has 0 aromatic heterocycles. The molecule has 0 amide bonds. The topological polar surface area (TPSA) is 152 Å². The first-order valence-corrected chi connectivity index (χ1v) is 24.8. The van der Waals surface area contributed by atoms with Crippen LogP contribution in [0.3, 0.4) is 0 Å². The molecule has 10 heteroatoms. The highest BCUT2D eigenvalue weighted by atomic mass is 16.7. The molecule has 0 aromatic rings. The molecule has 2 unspecified atom stereocenters. The van der Waals surface area contributed by atoms with Crippen LogP contribution in [-0.2, 0) is 28.5 Å². The summed E-state index contributed by atoms with van der Waals surface area (Å²) < 4.78 is 22.2. The van der Waals surface area contributed by atoms with Crippen molar-refractivity contribution in [3.63, 3.8) is 0 Å². The second-order valence-corrected chi connectivity index (χ2v) is 17.3. The fraction of sp³-hybridized carbons (Fsp3) is 0.918. The Morgan fingerprint density at radius 2 is 0.898 bits per heavy atom. The number of rotatable bonds is 42. The van der Waals surface area contributed by atoms with Gasteiger partial charge in [-0.2, -0.15) is 0 Å². The maximum absolute atomic E-state index is 12.8. The Balaban J connectivity index is 2.27. The summed E-state index contributed by atoms with van der Waals surface area (Å²) in [5.41, 5.74) is 0. The van der Waals surface area contributed by atoms with Gasteiger partial charge >= 0.3 is 11.9 Å². The number of esters is 2. The van der Waals surface area contributed by atoms with Crippen LogP contribution in [0.2, 0.25) is 0 Å². The lowest BCUT2D eigenvalue weighted by Gasteiger charge is -2.39. The number of carbonyl (C=O) groups is 2. The number of ether oxygens (including phenoxy) is 4. The first-order chi connectivity index (χ1) is 28.8. The van der Waals surface area contributed by atoms with Crippen molar-refractivity contribution in [1.82, 2.24) is 0 Å². The molecule has 6 atom stereocenters. The minimum atomic E-state index is -1.59. The minimum Gasteiger partial charge on any atom is -0.462 e. The molecule has 59 heavy (non-hydrogen) atoms. The van der Waals surface area contributed by atoms with Crippen LogP contribution in [-0.4, -0.2) is 89.0 Å². The predicted octanol–water partition coefficient (Wildman–Crippen LogP) is 11.1. The third kappa shape index (κ3) is 31.9. The van der Waals surface area contributed by atoms with Crippen LogP contribution < -0.4 is 0 Å². The van der Waals surface area contributed by atoms with E-state index < -0.39 is 49.4 Å². The van der Waals surface area contributed by atoms with E-state index in [2.05, 4.69) is 26.0 Å². The number of allylic oxidation sites excluding steroid dienone is 2. The van der Waals surface area contributed by atoms with Gasteiger partial charge in [-0.15, -0.1) is 0 Å². The monoisotopic (exact) mass is 841 g/mol. The number of unbranched alkanes of at least 4 members (excludes halogenated alkanes) is 29. The number of hydrogen-bond acceptors (Lipinski definition) is 10. The van der Waals surface area contributed by atoms with Gasteiger partial charge in [0.1, 0.15) is 31.0 Å². The van der Waals surface area contributed by atoms with Crippen LogP contribution >= 0.6 is 0 Å². The van der Waals surface area contributed by atoms with Crippen LogP contribution in [0.25, 0.3) is 0 Å². The fourth-order valence-corrected chi connectivity index (χ4v) is 7.71. The van der Waals surface area contributed by atoms with Gasteiger partial charge in [-0.05, 0) is 38.5 Å². The third-order valence-corrected chi connectivity index (χ3v) is 11.7. The largest absolute Gasteiger partial charge is 0.462 e. The molecule has 4 N–H and O–H groups in total. The summed E-state index contributed by atoms with van der Waals surface area (Å²) in [4.78, 5) is 25.4. The molecule has 1 saturated heterocycles. The fourth-order valence-electron chi connectivity index (χ4n) is 7.71. The molecule has 1 heterocycles. The van der Waals surface area contributed by atoms with Crippen molar-refractivity contribution in [3.05, 3.63) is 12.2 Å². The second kappa shape index (κ2) is 40.5. The maximum Gasteiger partial charge on any atom is 0.306 e. The predicted molar refractivity (Wildman–Crippen MR) is 238 cm³/mol. The Morgan fingerprint density at radius 1 is 0.508 bits per heavy atom. The molecule has 1 aliphatic heterocycles. The van der Waals surface area contributed by atoms with Crippen LogP contribution in [0.15, 0.2) is 12.2 Å². The van der Waals surface area contributed by atoms with Crippen molar-refractivity contribution in [1.29, 1.82) is 0 Å². The molecule has 0 saturated carbocycles. The number of hydrogen-bond donors (Lipinski definition) is 4. The van der Waals surface area contributed by atoms with E-state index in [4.69, 9.17) is 18.9 Å². The zero-order valence-corrected chi connectivity index (χ0v) is 38.0. The van der Waals surface area contributed by atoms with E-state index in [1.54, 1.807) is 0 Å². The molecule has 1 fully saturated rings. The van der Waals surface area contributed by atoms with Gasteiger partial charge in [0.25, 0.3) is 0 Å². The summed E-state index contributed by atoms with van der Waals surface area (Å²) >= 11 is 0. The molecular formula is C49H92O10. The van der Waals surface area contributed by atoms with Gasteiger partial charge in [0, 0.05) is 12.8 Å². The molecule has 0 bridgehead atoms. The lowest BCUT2D eigenvalue weighted by atomic mass is 9.99. The van der Waals surface area contributed by atoms with Crippen molar-refractivity contribution in [2.45, 2.75) is 269 Å². The maximum atomic E-state index is 12.8. The molecule has 1 aliphatic rings. The van der Waals surface area contributed by atoms with E-state index in [9.17, 15) is 30.0 Å². The second-order valence-electron chi connectivity index (χ2n) is 17.3. The normalized spacial score (nSPS) is 20.0. The highest BCUT2D eigenvalue weighted by Crippen LogP contribution is 2.23. The van der Waals surface area contributed by atoms with Gasteiger partial charge in [-0.25, -0.2) is 0 Å². The van der Waals surface area contributed by atoms with Crippen molar-refractivity contribution < 1.29 is 49.0 Å². The lowest BCUT2D eigenvalue weighted by Crippen LogP contribution is -2.59. The van der Waals surface area contributed by atoms with Gasteiger partial charge in [0.15, 0.2) is 12.4 Å². The Hall–Kier alpha value is -1.56. The summed E-state index contributed by atoms with van der Waals surface area (Å²) in [7, 11) is 0. The van der Waals surface area contributed by atoms with Gasteiger partial charge in [-0.3, -0.25) is 9.59 Å². The van der Waals surface area contributed by atoms with E-state index in [-0.39, 0.29) is 32.0 Å². The minimum absolute atomic E-state index is 0.213. The van der Waals surface area contributed by atoms with Gasteiger partial charge in [-0.1, -0.05) is 193 Å². The zero-order valence-electron chi connectivity index (χ0n) is 38.0. The number of aliphatic hydroxyl groups is 4. The van der Waals surface area contributed by atoms with Gasteiger partial charge < -0.3 is 39.4 Å². The van der Waals surface area contributed by atoms with Crippen molar-refractivity contribution in [2.24, 2.45) is 0 Å². The molecule has 1 rings (SSSR count). The average Bonchev–Trinajstić information content (AvgIpc) is 3.23. The van der Waals surface area contributed by atoms with E-state index in [0.29, 0.717) is 6.42 Å². The summed E-state index contributed by atoms with van der Waals surface area (Å²) in [6.07, 6.45) is 36.4. The van der Waals surface area contributed by atoms with Crippen LogP contribution in [0.1, 0.15) is 232 Å². The van der Waals surface area contributed by atoms with E-state index in [1.165, 1.54) is 154 Å². The molecule has 348 valence electrons. The standard InChI is InChI=1S/C49H92O10/c1-3-5-7-9-11-13-15-17-19-21-23-25-27-29-31-33-35-37-44(51)56-40-42(41-57-49-48(55)47(54)46(53)43(39-50)59-49)58-45(52)38-36-34-32-30-28-26-24-22-20-18-16-14-12-10-8-6-4-2/h18,20,42-43,46-50,53-55H,3-17,19,21-41H2,1-2H3/b20-18+/t42-,43-,46+,47?,48?,49-/m0/s1. The van der Waals surface area contributed by atoms with Crippen molar-refractivity contribution in [2.75, 3.05) is 19.8 Å².